The SMILES string of the molecule is CCCC1CNCc2c(-c3ccc(C)cc3)c(C#N)c(=O)n(C)c21. The highest BCUT2D eigenvalue weighted by Crippen LogP contribution is 2.35. The van der Waals surface area contributed by atoms with Crippen LogP contribution in [0.15, 0.2) is 29.1 Å². The smallest absolute Gasteiger partial charge is 0.269 e. The van der Waals surface area contributed by atoms with E-state index < -0.39 is 0 Å². The molecule has 4 nitrogen and oxygen atoms in total. The largest absolute Gasteiger partial charge is 0.314 e. The minimum Gasteiger partial charge on any atom is -0.314 e. The molecule has 0 saturated carbocycles. The summed E-state index contributed by atoms with van der Waals surface area (Å²) >= 11 is 0. The third-order valence-corrected chi connectivity index (χ3v) is 4.91. The molecule has 24 heavy (non-hydrogen) atoms. The molecular weight excluding hydrogens is 298 g/mol. The molecule has 0 radical (unpaired) electrons. The van der Waals surface area contributed by atoms with E-state index in [-0.39, 0.29) is 11.1 Å². The first kappa shape index (κ1) is 16.5. The second kappa shape index (κ2) is 6.62. The zero-order valence-electron chi connectivity index (χ0n) is 14.5. The molecule has 3 rings (SSSR count). The molecule has 0 bridgehead atoms. The molecule has 4 heteroatoms. The highest BCUT2D eigenvalue weighted by Gasteiger charge is 2.28. The molecule has 0 aliphatic carbocycles. The van der Waals surface area contributed by atoms with Gasteiger partial charge in [0.25, 0.3) is 5.56 Å². The summed E-state index contributed by atoms with van der Waals surface area (Å²) in [5.41, 5.74) is 5.18. The highest BCUT2D eigenvalue weighted by atomic mass is 16.1. The summed E-state index contributed by atoms with van der Waals surface area (Å²) in [5.74, 6) is 0.313. The van der Waals surface area contributed by atoms with Gasteiger partial charge in [-0.3, -0.25) is 4.79 Å². The fourth-order valence-electron chi connectivity index (χ4n) is 3.76. The van der Waals surface area contributed by atoms with E-state index in [2.05, 4.69) is 18.3 Å². The van der Waals surface area contributed by atoms with Crippen molar-refractivity contribution in [1.29, 1.82) is 5.26 Å². The summed E-state index contributed by atoms with van der Waals surface area (Å²) in [7, 11) is 1.80. The average Bonchev–Trinajstić information content (AvgIpc) is 2.59. The monoisotopic (exact) mass is 321 g/mol. The summed E-state index contributed by atoms with van der Waals surface area (Å²) in [6, 6.07) is 10.2. The van der Waals surface area contributed by atoms with Crippen LogP contribution in [0.2, 0.25) is 0 Å². The van der Waals surface area contributed by atoms with Crippen LogP contribution in [0.3, 0.4) is 0 Å². The van der Waals surface area contributed by atoms with E-state index >= 15 is 0 Å². The summed E-state index contributed by atoms with van der Waals surface area (Å²) in [6.45, 7) is 5.78. The maximum atomic E-state index is 12.8. The Morgan fingerprint density at radius 3 is 2.67 bits per heavy atom. The van der Waals surface area contributed by atoms with Crippen molar-refractivity contribution in [1.82, 2.24) is 9.88 Å². The van der Waals surface area contributed by atoms with Crippen molar-refractivity contribution >= 4 is 0 Å². The number of hydrogen-bond acceptors (Lipinski definition) is 3. The van der Waals surface area contributed by atoms with Gasteiger partial charge in [0.15, 0.2) is 0 Å². The quantitative estimate of drug-likeness (QED) is 0.944. The van der Waals surface area contributed by atoms with E-state index in [0.29, 0.717) is 12.5 Å². The van der Waals surface area contributed by atoms with Gasteiger partial charge in [-0.15, -0.1) is 0 Å². The highest BCUT2D eigenvalue weighted by molar-refractivity contribution is 5.75. The number of nitriles is 1. The maximum absolute atomic E-state index is 12.8. The average molecular weight is 321 g/mol. The molecule has 1 aromatic carbocycles. The van der Waals surface area contributed by atoms with E-state index in [9.17, 15) is 10.1 Å². The molecule has 2 heterocycles. The lowest BCUT2D eigenvalue weighted by Crippen LogP contribution is -2.36. The van der Waals surface area contributed by atoms with E-state index in [4.69, 9.17) is 0 Å². The number of hydrogen-bond donors (Lipinski definition) is 1. The van der Waals surface area contributed by atoms with E-state index in [1.165, 1.54) is 0 Å². The van der Waals surface area contributed by atoms with Crippen LogP contribution >= 0.6 is 0 Å². The van der Waals surface area contributed by atoms with Crippen LogP contribution in [-0.2, 0) is 13.6 Å². The number of nitrogens with zero attached hydrogens (tertiary/aromatic N) is 2. The van der Waals surface area contributed by atoms with Crippen LogP contribution in [0.4, 0.5) is 0 Å². The lowest BCUT2D eigenvalue weighted by molar-refractivity contribution is 0.476. The van der Waals surface area contributed by atoms with Crippen molar-refractivity contribution in [3.63, 3.8) is 0 Å². The second-order valence-electron chi connectivity index (χ2n) is 6.57. The van der Waals surface area contributed by atoms with Crippen molar-refractivity contribution in [3.05, 3.63) is 57.0 Å². The molecule has 0 saturated heterocycles. The van der Waals surface area contributed by atoms with Crippen LogP contribution in [0.25, 0.3) is 11.1 Å². The standard InChI is InChI=1S/C20H23N3O/c1-4-5-15-11-22-12-17-18(14-8-6-13(2)7-9-14)16(10-21)20(24)23(3)19(15)17/h6-9,15,22H,4-5,11-12H2,1-3H3. The molecule has 1 aromatic heterocycles. The van der Waals surface area contributed by atoms with Crippen LogP contribution in [-0.4, -0.2) is 11.1 Å². The van der Waals surface area contributed by atoms with Gasteiger partial charge in [-0.05, 0) is 24.5 Å². The fraction of sp³-hybridized carbons (Fsp3) is 0.400. The Morgan fingerprint density at radius 2 is 2.04 bits per heavy atom. The van der Waals surface area contributed by atoms with Crippen LogP contribution in [0.1, 0.15) is 48.1 Å². The number of pyridine rings is 1. The molecular formula is C20H23N3O. The zero-order valence-corrected chi connectivity index (χ0v) is 14.5. The summed E-state index contributed by atoms with van der Waals surface area (Å²) in [6.07, 6.45) is 2.10. The Kier molecular flexibility index (Phi) is 4.55. The van der Waals surface area contributed by atoms with Gasteiger partial charge in [-0.25, -0.2) is 0 Å². The van der Waals surface area contributed by atoms with Crippen LogP contribution in [0.5, 0.6) is 0 Å². The number of nitrogens with one attached hydrogen (secondary N) is 1. The first-order chi connectivity index (χ1) is 11.6. The molecule has 2 aromatic rings. The summed E-state index contributed by atoms with van der Waals surface area (Å²) < 4.78 is 1.70. The lowest BCUT2D eigenvalue weighted by atomic mass is 9.85. The van der Waals surface area contributed by atoms with E-state index in [1.807, 2.05) is 31.2 Å². The Balaban J connectivity index is 2.34. The normalized spacial score (nSPS) is 16.5. The fourth-order valence-corrected chi connectivity index (χ4v) is 3.76. The number of aryl methyl sites for hydroxylation is 1. The summed E-state index contributed by atoms with van der Waals surface area (Å²) in [5, 5.41) is 13.1. The first-order valence-electron chi connectivity index (χ1n) is 8.52. The van der Waals surface area contributed by atoms with Gasteiger partial charge in [0.1, 0.15) is 11.6 Å². The summed E-state index contributed by atoms with van der Waals surface area (Å²) in [4.78, 5) is 12.8. The molecule has 1 atom stereocenters. The van der Waals surface area contributed by atoms with Gasteiger partial charge in [-0.2, -0.15) is 5.26 Å². The number of fused-ring (bicyclic) bond motifs is 1. The molecule has 1 N–H and O–H groups in total. The van der Waals surface area contributed by atoms with Crippen LogP contribution < -0.4 is 10.9 Å². The predicted molar refractivity (Wildman–Crippen MR) is 95.9 cm³/mol. The minimum atomic E-state index is -0.185. The van der Waals surface area contributed by atoms with Crippen molar-refractivity contribution < 1.29 is 0 Å². The van der Waals surface area contributed by atoms with E-state index in [0.717, 1.165) is 47.3 Å². The van der Waals surface area contributed by atoms with Gasteiger partial charge < -0.3 is 9.88 Å². The second-order valence-corrected chi connectivity index (χ2v) is 6.57. The van der Waals surface area contributed by atoms with Crippen LogP contribution in [0, 0.1) is 18.3 Å². The third kappa shape index (κ3) is 2.65. The van der Waals surface area contributed by atoms with E-state index in [1.54, 1.807) is 11.6 Å². The van der Waals surface area contributed by atoms with Crippen molar-refractivity contribution in [2.75, 3.05) is 6.54 Å². The number of rotatable bonds is 3. The Morgan fingerprint density at radius 1 is 1.33 bits per heavy atom. The zero-order chi connectivity index (χ0) is 17.3. The van der Waals surface area contributed by atoms with Crippen molar-refractivity contribution in [2.45, 2.75) is 39.2 Å². The molecule has 0 spiro atoms. The first-order valence-corrected chi connectivity index (χ1v) is 8.52. The van der Waals surface area contributed by atoms with Crippen molar-refractivity contribution in [3.8, 4) is 17.2 Å². The lowest BCUT2D eigenvalue weighted by Gasteiger charge is -2.30. The molecule has 0 amide bonds. The van der Waals surface area contributed by atoms with Crippen molar-refractivity contribution in [2.24, 2.45) is 7.05 Å². The number of benzene rings is 1. The molecule has 0 fully saturated rings. The molecule has 1 aliphatic heterocycles. The Bertz CT molecular complexity index is 856. The predicted octanol–water partition coefficient (Wildman–Crippen LogP) is 3.22. The topological polar surface area (TPSA) is 57.8 Å². The van der Waals surface area contributed by atoms with Gasteiger partial charge >= 0.3 is 0 Å². The maximum Gasteiger partial charge on any atom is 0.269 e. The molecule has 1 unspecified atom stereocenters. The van der Waals surface area contributed by atoms with Gasteiger partial charge in [0, 0.05) is 37.3 Å². The van der Waals surface area contributed by atoms with Gasteiger partial charge in [0.05, 0.1) is 0 Å². The number of aromatic nitrogens is 1. The minimum absolute atomic E-state index is 0.185. The molecule has 1 aliphatic rings. The molecule has 124 valence electrons. The Labute approximate surface area is 142 Å². The Hall–Kier alpha value is -2.38. The van der Waals surface area contributed by atoms with Gasteiger partial charge in [0.2, 0.25) is 0 Å². The van der Waals surface area contributed by atoms with Gasteiger partial charge in [-0.1, -0.05) is 43.2 Å². The third-order valence-electron chi connectivity index (χ3n) is 4.91.